The van der Waals surface area contributed by atoms with Gasteiger partial charge in [0, 0.05) is 43.5 Å². The van der Waals surface area contributed by atoms with Gasteiger partial charge in [0.2, 0.25) is 0 Å². The van der Waals surface area contributed by atoms with Crippen LogP contribution in [0.15, 0.2) is 70.1 Å². The first-order valence-corrected chi connectivity index (χ1v) is 10.2. The first kappa shape index (κ1) is 19.8. The van der Waals surface area contributed by atoms with Crippen molar-refractivity contribution in [1.29, 1.82) is 0 Å². The van der Waals surface area contributed by atoms with Crippen molar-refractivity contribution in [2.75, 3.05) is 6.54 Å². The minimum atomic E-state index is -0.418. The van der Waals surface area contributed by atoms with Crippen LogP contribution >= 0.6 is 0 Å². The second-order valence-electron chi connectivity index (χ2n) is 7.58. The lowest BCUT2D eigenvalue weighted by molar-refractivity contribution is -0.384. The Labute approximate surface area is 182 Å². The van der Waals surface area contributed by atoms with Crippen LogP contribution in [0.5, 0.6) is 0 Å². The fourth-order valence-corrected chi connectivity index (χ4v) is 3.93. The molecule has 0 fully saturated rings. The number of rotatable bonds is 5. The number of nitro benzene ring substituents is 1. The average Bonchev–Trinajstić information content (AvgIpc) is 3.28. The smallest absolute Gasteiger partial charge is 0.280 e. The van der Waals surface area contributed by atoms with Gasteiger partial charge in [-0.15, -0.1) is 0 Å². The summed E-state index contributed by atoms with van der Waals surface area (Å²) in [5.41, 5.74) is 2.57. The molecule has 3 aromatic heterocycles. The lowest BCUT2D eigenvalue weighted by Gasteiger charge is -2.26. The quantitative estimate of drug-likeness (QED) is 0.381. The van der Waals surface area contributed by atoms with Gasteiger partial charge in [0.05, 0.1) is 28.3 Å². The molecular weight excluding hydrogens is 410 g/mol. The Kier molecular flexibility index (Phi) is 5.08. The molecule has 1 aliphatic rings. The summed E-state index contributed by atoms with van der Waals surface area (Å²) in [5, 5.41) is 11.3. The van der Waals surface area contributed by atoms with Crippen LogP contribution in [0.1, 0.15) is 17.0 Å². The molecule has 9 heteroatoms. The van der Waals surface area contributed by atoms with Crippen LogP contribution in [-0.4, -0.2) is 31.3 Å². The SMILES string of the molecule is O=c1[nH]c(-c2ccncc2)nc2c1CN(Cc1ccc(-c3ccccc3[N+](=O)[O-])o1)CC2. The molecular formula is C23H19N5O4. The second kappa shape index (κ2) is 8.20. The Morgan fingerprint density at radius 3 is 2.75 bits per heavy atom. The fourth-order valence-electron chi connectivity index (χ4n) is 3.93. The Hall–Kier alpha value is -4.11. The maximum Gasteiger partial charge on any atom is 0.280 e. The summed E-state index contributed by atoms with van der Waals surface area (Å²) in [6.45, 7) is 1.67. The lowest BCUT2D eigenvalue weighted by atomic mass is 10.1. The van der Waals surface area contributed by atoms with Crippen LogP contribution in [0.2, 0.25) is 0 Å². The number of nitrogens with zero attached hydrogens (tertiary/aromatic N) is 4. The Bertz CT molecular complexity index is 1350. The molecule has 0 bridgehead atoms. The third-order valence-corrected chi connectivity index (χ3v) is 5.51. The van der Waals surface area contributed by atoms with Gasteiger partial charge in [-0.25, -0.2) is 4.98 Å². The summed E-state index contributed by atoms with van der Waals surface area (Å²) in [4.78, 5) is 37.2. The maximum absolute atomic E-state index is 12.7. The minimum absolute atomic E-state index is 0.00269. The number of para-hydroxylation sites is 1. The second-order valence-corrected chi connectivity index (χ2v) is 7.58. The molecule has 160 valence electrons. The van der Waals surface area contributed by atoms with E-state index in [2.05, 4.69) is 19.9 Å². The molecule has 1 aromatic carbocycles. The molecule has 0 aliphatic carbocycles. The van der Waals surface area contributed by atoms with Crippen molar-refractivity contribution in [2.45, 2.75) is 19.5 Å². The molecule has 0 spiro atoms. The van der Waals surface area contributed by atoms with Crippen LogP contribution in [0.25, 0.3) is 22.7 Å². The maximum atomic E-state index is 12.7. The Balaban J connectivity index is 1.35. The van der Waals surface area contributed by atoms with Crippen LogP contribution in [0, 0.1) is 10.1 Å². The van der Waals surface area contributed by atoms with Gasteiger partial charge in [0.15, 0.2) is 0 Å². The highest BCUT2D eigenvalue weighted by molar-refractivity contribution is 5.69. The summed E-state index contributed by atoms with van der Waals surface area (Å²) in [5.74, 6) is 1.68. The predicted molar refractivity (Wildman–Crippen MR) is 117 cm³/mol. The van der Waals surface area contributed by atoms with E-state index in [1.54, 1.807) is 36.7 Å². The van der Waals surface area contributed by atoms with Crippen molar-refractivity contribution in [3.8, 4) is 22.7 Å². The van der Waals surface area contributed by atoms with E-state index < -0.39 is 4.92 Å². The average molecular weight is 429 g/mol. The fraction of sp³-hybridized carbons (Fsp3) is 0.174. The predicted octanol–water partition coefficient (Wildman–Crippen LogP) is 3.56. The third kappa shape index (κ3) is 3.81. The highest BCUT2D eigenvalue weighted by Gasteiger charge is 2.23. The monoisotopic (exact) mass is 429 g/mol. The van der Waals surface area contributed by atoms with Crippen LogP contribution in [0.4, 0.5) is 5.69 Å². The van der Waals surface area contributed by atoms with E-state index in [0.29, 0.717) is 48.0 Å². The molecule has 4 heterocycles. The Morgan fingerprint density at radius 2 is 1.94 bits per heavy atom. The van der Waals surface area contributed by atoms with Gasteiger partial charge < -0.3 is 9.40 Å². The third-order valence-electron chi connectivity index (χ3n) is 5.51. The molecule has 32 heavy (non-hydrogen) atoms. The first-order valence-electron chi connectivity index (χ1n) is 10.2. The topological polar surface area (TPSA) is 118 Å². The number of hydrogen-bond acceptors (Lipinski definition) is 7. The van der Waals surface area contributed by atoms with E-state index in [4.69, 9.17) is 4.42 Å². The lowest BCUT2D eigenvalue weighted by Crippen LogP contribution is -2.35. The number of pyridine rings is 1. The summed E-state index contributed by atoms with van der Waals surface area (Å²) in [6.07, 6.45) is 3.98. The molecule has 4 aromatic rings. The number of H-pyrrole nitrogens is 1. The van der Waals surface area contributed by atoms with Crippen LogP contribution in [0.3, 0.4) is 0 Å². The van der Waals surface area contributed by atoms with E-state index in [1.165, 1.54) is 6.07 Å². The van der Waals surface area contributed by atoms with Gasteiger partial charge in [-0.3, -0.25) is 24.8 Å². The van der Waals surface area contributed by atoms with Crippen LogP contribution < -0.4 is 5.56 Å². The van der Waals surface area contributed by atoms with Crippen molar-refractivity contribution in [1.82, 2.24) is 19.9 Å². The van der Waals surface area contributed by atoms with Gasteiger partial charge in [-0.2, -0.15) is 0 Å². The first-order chi connectivity index (χ1) is 15.6. The van der Waals surface area contributed by atoms with Gasteiger partial charge in [0.1, 0.15) is 17.3 Å². The number of nitro groups is 1. The van der Waals surface area contributed by atoms with E-state index in [9.17, 15) is 14.9 Å². The number of aromatic amines is 1. The molecule has 1 aliphatic heterocycles. The number of benzene rings is 1. The molecule has 0 saturated carbocycles. The summed E-state index contributed by atoms with van der Waals surface area (Å²) in [6, 6.07) is 13.7. The number of fused-ring (bicyclic) bond motifs is 1. The molecule has 0 unspecified atom stereocenters. The van der Waals surface area contributed by atoms with Gasteiger partial charge >= 0.3 is 0 Å². The number of furan rings is 1. The minimum Gasteiger partial charge on any atom is -0.459 e. The van der Waals surface area contributed by atoms with Crippen molar-refractivity contribution >= 4 is 5.69 Å². The molecule has 1 N–H and O–H groups in total. The van der Waals surface area contributed by atoms with E-state index >= 15 is 0 Å². The van der Waals surface area contributed by atoms with E-state index in [-0.39, 0.29) is 11.2 Å². The Morgan fingerprint density at radius 1 is 1.12 bits per heavy atom. The van der Waals surface area contributed by atoms with Crippen molar-refractivity contribution in [3.05, 3.63) is 98.4 Å². The van der Waals surface area contributed by atoms with Crippen LogP contribution in [-0.2, 0) is 19.5 Å². The van der Waals surface area contributed by atoms with Crippen molar-refractivity contribution < 1.29 is 9.34 Å². The molecule has 0 amide bonds. The van der Waals surface area contributed by atoms with Gasteiger partial charge in [-0.05, 0) is 30.3 Å². The summed E-state index contributed by atoms with van der Waals surface area (Å²) in [7, 11) is 0. The summed E-state index contributed by atoms with van der Waals surface area (Å²) >= 11 is 0. The molecule has 0 atom stereocenters. The molecule has 5 rings (SSSR count). The summed E-state index contributed by atoms with van der Waals surface area (Å²) < 4.78 is 5.90. The zero-order valence-corrected chi connectivity index (χ0v) is 17.0. The standard InChI is InChI=1S/C23H19N5O4/c29-23-18-14-27(12-9-19(18)25-22(26-23)15-7-10-24-11-8-15)13-16-5-6-21(32-16)17-3-1-2-4-20(17)28(30)31/h1-8,10-11H,9,12-14H2,(H,25,26,29). The molecule has 0 saturated heterocycles. The van der Waals surface area contributed by atoms with Crippen molar-refractivity contribution in [2.24, 2.45) is 0 Å². The zero-order chi connectivity index (χ0) is 22.1. The highest BCUT2D eigenvalue weighted by atomic mass is 16.6. The largest absolute Gasteiger partial charge is 0.459 e. The van der Waals surface area contributed by atoms with E-state index in [0.717, 1.165) is 17.8 Å². The van der Waals surface area contributed by atoms with Gasteiger partial charge in [0.25, 0.3) is 11.2 Å². The number of nitrogens with one attached hydrogen (secondary N) is 1. The molecule has 9 nitrogen and oxygen atoms in total. The van der Waals surface area contributed by atoms with E-state index in [1.807, 2.05) is 18.2 Å². The number of aromatic nitrogens is 3. The zero-order valence-electron chi connectivity index (χ0n) is 17.0. The number of hydrogen-bond donors (Lipinski definition) is 1. The highest BCUT2D eigenvalue weighted by Crippen LogP contribution is 2.31. The van der Waals surface area contributed by atoms with Crippen molar-refractivity contribution in [3.63, 3.8) is 0 Å². The van der Waals surface area contributed by atoms with Gasteiger partial charge in [-0.1, -0.05) is 12.1 Å². The normalized spacial score (nSPS) is 13.6. The molecule has 0 radical (unpaired) electrons.